The summed E-state index contributed by atoms with van der Waals surface area (Å²) in [4.78, 5) is 21.5. The molecule has 6 heteroatoms. The van der Waals surface area contributed by atoms with Gasteiger partial charge in [0, 0.05) is 12.8 Å². The van der Waals surface area contributed by atoms with Crippen molar-refractivity contribution in [2.45, 2.75) is 39.5 Å². The quantitative estimate of drug-likeness (QED) is 0.714. The highest BCUT2D eigenvalue weighted by Gasteiger charge is 2.04. The molecule has 0 atom stereocenters. The molecule has 0 aliphatic heterocycles. The van der Waals surface area contributed by atoms with E-state index < -0.39 is 0 Å². The van der Waals surface area contributed by atoms with Crippen LogP contribution in [0.3, 0.4) is 0 Å². The number of aryl methyl sites for hydroxylation is 2. The van der Waals surface area contributed by atoms with Gasteiger partial charge in [0.05, 0.1) is 14.2 Å². The lowest BCUT2D eigenvalue weighted by Gasteiger charge is -2.05. The Balaban J connectivity index is 0.000000280. The van der Waals surface area contributed by atoms with Gasteiger partial charge >= 0.3 is 0 Å². The predicted molar refractivity (Wildman–Crippen MR) is 107 cm³/mol. The molecule has 0 spiro atoms. The third-order valence-electron chi connectivity index (χ3n) is 4.02. The number of Topliss-reactive ketones (excluding diaryl/α,β-unsaturated/α-hetero) is 2. The van der Waals surface area contributed by atoms with E-state index in [1.54, 1.807) is 50.2 Å². The van der Waals surface area contributed by atoms with E-state index in [2.05, 4.69) is 0 Å². The molecule has 152 valence electrons. The third-order valence-corrected chi connectivity index (χ3v) is 4.02. The van der Waals surface area contributed by atoms with E-state index in [0.29, 0.717) is 37.2 Å². The molecule has 0 saturated heterocycles. The lowest BCUT2D eigenvalue weighted by atomic mass is 10.1. The van der Waals surface area contributed by atoms with Crippen molar-refractivity contribution >= 4 is 11.6 Å². The summed E-state index contributed by atoms with van der Waals surface area (Å²) in [7, 11) is 3.01. The summed E-state index contributed by atoms with van der Waals surface area (Å²) in [5, 5.41) is 18.6. The number of phenolic OH excluding ortho intramolecular Hbond substituents is 2. The average molecular weight is 388 g/mol. The summed E-state index contributed by atoms with van der Waals surface area (Å²) >= 11 is 0. The molecule has 2 rings (SSSR count). The highest BCUT2D eigenvalue weighted by Crippen LogP contribution is 2.27. The van der Waals surface area contributed by atoms with Crippen LogP contribution in [-0.2, 0) is 22.4 Å². The van der Waals surface area contributed by atoms with Crippen LogP contribution >= 0.6 is 0 Å². The van der Waals surface area contributed by atoms with Gasteiger partial charge in [0.25, 0.3) is 0 Å². The topological polar surface area (TPSA) is 93.1 Å². The molecule has 0 heterocycles. The lowest BCUT2D eigenvalue weighted by molar-refractivity contribution is -0.117. The van der Waals surface area contributed by atoms with Gasteiger partial charge in [0.15, 0.2) is 23.0 Å². The first-order valence-electron chi connectivity index (χ1n) is 8.97. The number of rotatable bonds is 8. The fourth-order valence-electron chi connectivity index (χ4n) is 2.40. The van der Waals surface area contributed by atoms with Crippen molar-refractivity contribution in [1.29, 1.82) is 0 Å². The van der Waals surface area contributed by atoms with E-state index in [-0.39, 0.29) is 23.1 Å². The van der Waals surface area contributed by atoms with Gasteiger partial charge < -0.3 is 29.3 Å². The Kier molecular flexibility index (Phi) is 9.57. The van der Waals surface area contributed by atoms with Crippen LogP contribution in [-0.4, -0.2) is 36.0 Å². The van der Waals surface area contributed by atoms with E-state index in [1.807, 2.05) is 0 Å². The number of carbonyl (C=O) groups is 2. The van der Waals surface area contributed by atoms with Crippen molar-refractivity contribution in [3.8, 4) is 23.0 Å². The van der Waals surface area contributed by atoms with Gasteiger partial charge in [-0.05, 0) is 62.1 Å². The fourth-order valence-corrected chi connectivity index (χ4v) is 2.40. The van der Waals surface area contributed by atoms with Crippen molar-refractivity contribution in [3.05, 3.63) is 47.5 Å². The number of ketones is 2. The van der Waals surface area contributed by atoms with E-state index in [0.717, 1.165) is 11.1 Å². The summed E-state index contributed by atoms with van der Waals surface area (Å²) in [6, 6.07) is 10.2. The largest absolute Gasteiger partial charge is 0.504 e. The van der Waals surface area contributed by atoms with Crippen LogP contribution in [0.15, 0.2) is 36.4 Å². The molecule has 0 fully saturated rings. The summed E-state index contributed by atoms with van der Waals surface area (Å²) in [5.41, 5.74) is 1.99. The van der Waals surface area contributed by atoms with Crippen LogP contribution in [0.2, 0.25) is 0 Å². The number of ether oxygens (including phenoxy) is 2. The second kappa shape index (κ2) is 11.6. The molecule has 0 aliphatic rings. The minimum atomic E-state index is 0.124. The lowest BCUT2D eigenvalue weighted by Crippen LogP contribution is -1.94. The zero-order chi connectivity index (χ0) is 21.1. The van der Waals surface area contributed by atoms with Crippen LogP contribution in [0.4, 0.5) is 0 Å². The zero-order valence-electron chi connectivity index (χ0n) is 16.8. The second-order valence-corrected chi connectivity index (χ2v) is 6.42. The minimum Gasteiger partial charge on any atom is -0.504 e. The van der Waals surface area contributed by atoms with E-state index in [9.17, 15) is 19.8 Å². The molecular formula is C22H28O6. The molecule has 0 aromatic heterocycles. The number of aromatic hydroxyl groups is 2. The molecule has 28 heavy (non-hydrogen) atoms. The molecule has 0 amide bonds. The Morgan fingerprint density at radius 2 is 1.11 bits per heavy atom. The van der Waals surface area contributed by atoms with Gasteiger partial charge in [-0.3, -0.25) is 0 Å². The van der Waals surface area contributed by atoms with Crippen molar-refractivity contribution in [2.24, 2.45) is 0 Å². The molecule has 0 unspecified atom stereocenters. The van der Waals surface area contributed by atoms with Crippen LogP contribution < -0.4 is 9.47 Å². The summed E-state index contributed by atoms with van der Waals surface area (Å²) in [5.74, 6) is 1.48. The van der Waals surface area contributed by atoms with E-state index in [1.165, 1.54) is 14.2 Å². The maximum absolute atomic E-state index is 10.8. The van der Waals surface area contributed by atoms with Gasteiger partial charge in [-0.1, -0.05) is 12.1 Å². The van der Waals surface area contributed by atoms with Crippen LogP contribution in [0, 0.1) is 0 Å². The van der Waals surface area contributed by atoms with Gasteiger partial charge in [0.1, 0.15) is 11.6 Å². The fraction of sp³-hybridized carbons (Fsp3) is 0.364. The maximum atomic E-state index is 10.8. The Labute approximate surface area is 165 Å². The average Bonchev–Trinajstić information content (AvgIpc) is 2.67. The van der Waals surface area contributed by atoms with Crippen LogP contribution in [0.25, 0.3) is 0 Å². The first kappa shape index (κ1) is 23.0. The number of benzene rings is 2. The summed E-state index contributed by atoms with van der Waals surface area (Å²) < 4.78 is 9.92. The highest BCUT2D eigenvalue weighted by molar-refractivity contribution is 5.76. The number of phenols is 2. The van der Waals surface area contributed by atoms with E-state index in [4.69, 9.17) is 9.47 Å². The standard InChI is InChI=1S/2C11H14O3/c2*1-8(12)3-4-9-5-6-10(13)11(7-9)14-2/h2*5-7,13H,3-4H2,1-2H3. The van der Waals surface area contributed by atoms with Crippen molar-refractivity contribution < 1.29 is 29.3 Å². The Hall–Kier alpha value is -3.02. The summed E-state index contributed by atoms with van der Waals surface area (Å²) in [6.45, 7) is 3.13. The molecule has 0 aliphatic carbocycles. The first-order valence-corrected chi connectivity index (χ1v) is 8.97. The number of hydrogen-bond acceptors (Lipinski definition) is 6. The minimum absolute atomic E-state index is 0.124. The molecule has 2 aromatic carbocycles. The third kappa shape index (κ3) is 8.12. The molecule has 2 N–H and O–H groups in total. The number of hydrogen-bond donors (Lipinski definition) is 2. The normalized spacial score (nSPS) is 9.86. The van der Waals surface area contributed by atoms with Gasteiger partial charge in [-0.25, -0.2) is 0 Å². The predicted octanol–water partition coefficient (Wildman–Crippen LogP) is 3.84. The first-order chi connectivity index (χ1) is 13.3. The van der Waals surface area contributed by atoms with Crippen LogP contribution in [0.1, 0.15) is 37.8 Å². The molecular weight excluding hydrogens is 360 g/mol. The molecule has 0 radical (unpaired) electrons. The van der Waals surface area contributed by atoms with E-state index >= 15 is 0 Å². The molecule has 2 aromatic rings. The number of carbonyl (C=O) groups excluding carboxylic acids is 2. The molecule has 6 nitrogen and oxygen atoms in total. The van der Waals surface area contributed by atoms with Crippen molar-refractivity contribution in [1.82, 2.24) is 0 Å². The van der Waals surface area contributed by atoms with Gasteiger partial charge in [-0.15, -0.1) is 0 Å². The Bertz CT molecular complexity index is 730. The summed E-state index contributed by atoms with van der Waals surface area (Å²) in [6.07, 6.45) is 2.42. The number of methoxy groups -OCH3 is 2. The SMILES string of the molecule is COc1cc(CCC(C)=O)ccc1O.COc1cc(CCC(C)=O)ccc1O. The highest BCUT2D eigenvalue weighted by atomic mass is 16.5. The second-order valence-electron chi connectivity index (χ2n) is 6.42. The molecule has 0 bridgehead atoms. The Morgan fingerprint density at radius 3 is 1.39 bits per heavy atom. The van der Waals surface area contributed by atoms with Crippen LogP contribution in [0.5, 0.6) is 23.0 Å². The van der Waals surface area contributed by atoms with Gasteiger partial charge in [-0.2, -0.15) is 0 Å². The van der Waals surface area contributed by atoms with Gasteiger partial charge in [0.2, 0.25) is 0 Å². The Morgan fingerprint density at radius 1 is 0.750 bits per heavy atom. The molecule has 0 saturated carbocycles. The maximum Gasteiger partial charge on any atom is 0.160 e. The zero-order valence-corrected chi connectivity index (χ0v) is 16.8. The smallest absolute Gasteiger partial charge is 0.160 e. The van der Waals surface area contributed by atoms with Crippen molar-refractivity contribution in [3.63, 3.8) is 0 Å². The monoisotopic (exact) mass is 388 g/mol. The van der Waals surface area contributed by atoms with Crippen molar-refractivity contribution in [2.75, 3.05) is 14.2 Å².